The molecule has 2 aromatic rings. The quantitative estimate of drug-likeness (QED) is 0.786. The summed E-state index contributed by atoms with van der Waals surface area (Å²) in [5, 5.41) is 7.71. The van der Waals surface area contributed by atoms with Crippen molar-refractivity contribution in [2.45, 2.75) is 6.92 Å². The average molecular weight is 271 g/mol. The minimum absolute atomic E-state index is 0.735. The second-order valence-electron chi connectivity index (χ2n) is 4.71. The predicted molar refractivity (Wildman–Crippen MR) is 82.0 cm³/mol. The van der Waals surface area contributed by atoms with E-state index in [-0.39, 0.29) is 0 Å². The van der Waals surface area contributed by atoms with Gasteiger partial charge in [0.15, 0.2) is 0 Å². The van der Waals surface area contributed by atoms with Crippen LogP contribution in [-0.2, 0) is 4.74 Å². The summed E-state index contributed by atoms with van der Waals surface area (Å²) in [6.45, 7) is 4.57. The van der Waals surface area contributed by atoms with Crippen LogP contribution in [0.15, 0.2) is 48.3 Å². The van der Waals surface area contributed by atoms with Crippen LogP contribution in [0.3, 0.4) is 0 Å². The SMILES string of the molecule is COCCNCC(C)=Cc1cnn(-c2ccccc2)c1. The molecule has 0 fully saturated rings. The van der Waals surface area contributed by atoms with Crippen LogP contribution in [-0.4, -0.2) is 36.6 Å². The Bertz CT molecular complexity index is 546. The van der Waals surface area contributed by atoms with E-state index in [1.807, 2.05) is 47.4 Å². The number of ether oxygens (including phenoxy) is 1. The molecule has 4 nitrogen and oxygen atoms in total. The maximum atomic E-state index is 5.00. The number of benzene rings is 1. The number of methoxy groups -OCH3 is 1. The molecule has 0 unspecified atom stereocenters. The molecule has 1 heterocycles. The van der Waals surface area contributed by atoms with Gasteiger partial charge in [0.1, 0.15) is 0 Å². The minimum atomic E-state index is 0.735. The standard InChI is InChI=1S/C16H21N3O/c1-14(11-17-8-9-20-2)10-15-12-18-19(13-15)16-6-4-3-5-7-16/h3-7,10,12-13,17H,8-9,11H2,1-2H3. The first kappa shape index (κ1) is 14.5. The molecule has 20 heavy (non-hydrogen) atoms. The van der Waals surface area contributed by atoms with Gasteiger partial charge in [-0.3, -0.25) is 0 Å². The second-order valence-corrected chi connectivity index (χ2v) is 4.71. The number of rotatable bonds is 7. The van der Waals surface area contributed by atoms with Crippen molar-refractivity contribution in [3.63, 3.8) is 0 Å². The van der Waals surface area contributed by atoms with Crippen LogP contribution >= 0.6 is 0 Å². The third-order valence-electron chi connectivity index (χ3n) is 2.92. The molecule has 0 atom stereocenters. The Morgan fingerprint density at radius 3 is 2.90 bits per heavy atom. The summed E-state index contributed by atoms with van der Waals surface area (Å²) in [6, 6.07) is 10.1. The van der Waals surface area contributed by atoms with Gasteiger partial charge >= 0.3 is 0 Å². The number of hydrogen-bond donors (Lipinski definition) is 1. The van der Waals surface area contributed by atoms with Gasteiger partial charge in [-0.15, -0.1) is 0 Å². The summed E-state index contributed by atoms with van der Waals surface area (Å²) in [7, 11) is 1.71. The maximum absolute atomic E-state index is 5.00. The third-order valence-corrected chi connectivity index (χ3v) is 2.92. The molecule has 0 bridgehead atoms. The zero-order valence-corrected chi connectivity index (χ0v) is 12.0. The fourth-order valence-electron chi connectivity index (χ4n) is 1.93. The van der Waals surface area contributed by atoms with Crippen molar-refractivity contribution in [2.75, 3.05) is 26.8 Å². The molecular formula is C16H21N3O. The van der Waals surface area contributed by atoms with E-state index in [2.05, 4.69) is 23.4 Å². The van der Waals surface area contributed by atoms with Gasteiger partial charge in [0.2, 0.25) is 0 Å². The zero-order chi connectivity index (χ0) is 14.2. The molecule has 2 rings (SSSR count). The van der Waals surface area contributed by atoms with Crippen molar-refractivity contribution in [3.05, 3.63) is 53.9 Å². The highest BCUT2D eigenvalue weighted by atomic mass is 16.5. The first-order valence-electron chi connectivity index (χ1n) is 6.76. The molecule has 0 aliphatic carbocycles. The van der Waals surface area contributed by atoms with E-state index in [0.29, 0.717) is 0 Å². The second kappa shape index (κ2) is 7.62. The van der Waals surface area contributed by atoms with Gasteiger partial charge in [0, 0.05) is 32.0 Å². The first-order chi connectivity index (χ1) is 9.79. The number of nitrogens with one attached hydrogen (secondary N) is 1. The Balaban J connectivity index is 1.95. The highest BCUT2D eigenvalue weighted by Gasteiger charge is 1.99. The lowest BCUT2D eigenvalue weighted by Crippen LogP contribution is -2.20. The van der Waals surface area contributed by atoms with Gasteiger partial charge in [0.25, 0.3) is 0 Å². The summed E-state index contributed by atoms with van der Waals surface area (Å²) in [5.74, 6) is 0. The Morgan fingerprint density at radius 2 is 2.15 bits per heavy atom. The summed E-state index contributed by atoms with van der Waals surface area (Å²) in [6.07, 6.45) is 6.06. The van der Waals surface area contributed by atoms with Gasteiger partial charge in [-0.05, 0) is 19.1 Å². The smallest absolute Gasteiger partial charge is 0.0645 e. The normalized spacial score (nSPS) is 11.8. The lowest BCUT2D eigenvalue weighted by Gasteiger charge is -2.03. The van der Waals surface area contributed by atoms with E-state index in [1.165, 1.54) is 5.57 Å². The van der Waals surface area contributed by atoms with Crippen molar-refractivity contribution in [3.8, 4) is 5.69 Å². The van der Waals surface area contributed by atoms with Crippen LogP contribution in [0, 0.1) is 0 Å². The van der Waals surface area contributed by atoms with E-state index in [0.717, 1.165) is 30.9 Å². The highest BCUT2D eigenvalue weighted by molar-refractivity contribution is 5.51. The molecule has 1 aromatic heterocycles. The fraction of sp³-hybridized carbons (Fsp3) is 0.312. The molecule has 0 radical (unpaired) electrons. The molecule has 0 saturated carbocycles. The van der Waals surface area contributed by atoms with E-state index in [9.17, 15) is 0 Å². The van der Waals surface area contributed by atoms with Gasteiger partial charge in [-0.25, -0.2) is 4.68 Å². The zero-order valence-electron chi connectivity index (χ0n) is 12.0. The maximum Gasteiger partial charge on any atom is 0.0645 e. The van der Waals surface area contributed by atoms with Crippen LogP contribution in [0.5, 0.6) is 0 Å². The fourth-order valence-corrected chi connectivity index (χ4v) is 1.93. The molecule has 0 saturated heterocycles. The van der Waals surface area contributed by atoms with Crippen LogP contribution in [0.4, 0.5) is 0 Å². The lowest BCUT2D eigenvalue weighted by molar-refractivity contribution is 0.200. The monoisotopic (exact) mass is 271 g/mol. The topological polar surface area (TPSA) is 39.1 Å². The van der Waals surface area contributed by atoms with Crippen LogP contribution in [0.2, 0.25) is 0 Å². The molecule has 1 N–H and O–H groups in total. The van der Waals surface area contributed by atoms with Crippen LogP contribution < -0.4 is 5.32 Å². The van der Waals surface area contributed by atoms with Crippen molar-refractivity contribution >= 4 is 6.08 Å². The summed E-state index contributed by atoms with van der Waals surface area (Å²) in [4.78, 5) is 0. The van der Waals surface area contributed by atoms with E-state index in [4.69, 9.17) is 4.74 Å². The van der Waals surface area contributed by atoms with Crippen molar-refractivity contribution < 1.29 is 4.74 Å². The van der Waals surface area contributed by atoms with Gasteiger partial charge in [0.05, 0.1) is 18.5 Å². The highest BCUT2D eigenvalue weighted by Crippen LogP contribution is 2.10. The number of hydrogen-bond acceptors (Lipinski definition) is 3. The minimum Gasteiger partial charge on any atom is -0.383 e. The van der Waals surface area contributed by atoms with E-state index >= 15 is 0 Å². The summed E-state index contributed by atoms with van der Waals surface area (Å²) < 4.78 is 6.89. The molecule has 0 spiro atoms. The van der Waals surface area contributed by atoms with Gasteiger partial charge < -0.3 is 10.1 Å². The van der Waals surface area contributed by atoms with Crippen LogP contribution in [0.25, 0.3) is 11.8 Å². The van der Waals surface area contributed by atoms with Gasteiger partial charge in [-0.2, -0.15) is 5.10 Å². The Morgan fingerprint density at radius 1 is 1.35 bits per heavy atom. The molecule has 0 aliphatic rings. The average Bonchev–Trinajstić information content (AvgIpc) is 2.93. The summed E-state index contributed by atoms with van der Waals surface area (Å²) in [5.41, 5.74) is 3.46. The first-order valence-corrected chi connectivity index (χ1v) is 6.76. The Kier molecular flexibility index (Phi) is 5.53. The molecule has 0 amide bonds. The van der Waals surface area contributed by atoms with E-state index in [1.54, 1.807) is 7.11 Å². The molecule has 0 aliphatic heterocycles. The number of para-hydroxylation sites is 1. The van der Waals surface area contributed by atoms with Crippen molar-refractivity contribution in [2.24, 2.45) is 0 Å². The number of aromatic nitrogens is 2. The largest absolute Gasteiger partial charge is 0.383 e. The molecule has 106 valence electrons. The lowest BCUT2D eigenvalue weighted by atomic mass is 10.2. The van der Waals surface area contributed by atoms with Crippen molar-refractivity contribution in [1.82, 2.24) is 15.1 Å². The van der Waals surface area contributed by atoms with E-state index < -0.39 is 0 Å². The van der Waals surface area contributed by atoms with Gasteiger partial charge in [-0.1, -0.05) is 29.8 Å². The summed E-state index contributed by atoms with van der Waals surface area (Å²) >= 11 is 0. The predicted octanol–water partition coefficient (Wildman–Crippen LogP) is 2.51. The third kappa shape index (κ3) is 4.33. The van der Waals surface area contributed by atoms with Crippen LogP contribution in [0.1, 0.15) is 12.5 Å². The molecular weight excluding hydrogens is 250 g/mol. The Labute approximate surface area is 120 Å². The number of nitrogens with zero attached hydrogens (tertiary/aromatic N) is 2. The molecule has 1 aromatic carbocycles. The van der Waals surface area contributed by atoms with Crippen molar-refractivity contribution in [1.29, 1.82) is 0 Å². The molecule has 4 heteroatoms. The Hall–Kier alpha value is -1.91.